The minimum Gasteiger partial charge on any atom is -0.370 e. The summed E-state index contributed by atoms with van der Waals surface area (Å²) < 4.78 is 24.3. The van der Waals surface area contributed by atoms with Gasteiger partial charge in [-0.3, -0.25) is 4.79 Å². The van der Waals surface area contributed by atoms with E-state index in [0.717, 1.165) is 61.4 Å². The van der Waals surface area contributed by atoms with E-state index >= 15 is 0 Å². The smallest absolute Gasteiger partial charge is 0.254 e. The Morgan fingerprint density at radius 3 is 2.31 bits per heavy atom. The van der Waals surface area contributed by atoms with E-state index in [1.807, 2.05) is 23.6 Å². The zero-order chi connectivity index (χ0) is 32.7. The predicted octanol–water partition coefficient (Wildman–Crippen LogP) is 4.58. The Kier molecular flexibility index (Phi) is 11.0. The number of nitriles is 1. The van der Waals surface area contributed by atoms with Crippen LogP contribution in [-0.2, 0) is 10.0 Å². The van der Waals surface area contributed by atoms with Crippen molar-refractivity contribution in [3.05, 3.63) is 76.5 Å². The first-order valence-corrected chi connectivity index (χ1v) is 17.1. The van der Waals surface area contributed by atoms with Crippen molar-refractivity contribution in [2.45, 2.75) is 57.9 Å². The molecule has 4 rings (SSSR count). The third kappa shape index (κ3) is 7.53. The van der Waals surface area contributed by atoms with Gasteiger partial charge < -0.3 is 19.6 Å². The Labute approximate surface area is 268 Å². The number of terminal acetylenes is 1. The monoisotopic (exact) mass is 628 g/mol. The Morgan fingerprint density at radius 2 is 1.73 bits per heavy atom. The van der Waals surface area contributed by atoms with Crippen LogP contribution in [0.3, 0.4) is 0 Å². The number of nitrogens with two attached hydrogens (primary N) is 1. The lowest BCUT2D eigenvalue weighted by molar-refractivity contribution is 0.0746. The average molecular weight is 629 g/mol. The number of amides is 1. The maximum Gasteiger partial charge on any atom is 0.254 e. The van der Waals surface area contributed by atoms with E-state index in [1.54, 1.807) is 30.4 Å². The largest absolute Gasteiger partial charge is 0.370 e. The first kappa shape index (κ1) is 33.6. The molecule has 0 spiro atoms. The van der Waals surface area contributed by atoms with Crippen molar-refractivity contribution in [2.24, 2.45) is 5.14 Å². The van der Waals surface area contributed by atoms with E-state index in [1.165, 1.54) is 6.07 Å². The predicted molar refractivity (Wildman–Crippen MR) is 180 cm³/mol. The lowest BCUT2D eigenvalue weighted by Crippen LogP contribution is -2.49. The van der Waals surface area contributed by atoms with Crippen LogP contribution in [0.1, 0.15) is 54.6 Å². The number of nitrogens with zero attached hydrogens (tertiary/aromatic N) is 5. The molecule has 2 aromatic rings. The van der Waals surface area contributed by atoms with Crippen LogP contribution in [-0.4, -0.2) is 76.0 Å². The number of likely N-dealkylation sites (tertiary alicyclic amines) is 1. The van der Waals surface area contributed by atoms with Gasteiger partial charge in [-0.25, -0.2) is 13.6 Å². The number of sulfonamides is 1. The first-order valence-electron chi connectivity index (χ1n) is 15.6. The van der Waals surface area contributed by atoms with Crippen molar-refractivity contribution < 1.29 is 13.2 Å². The lowest BCUT2D eigenvalue weighted by Gasteiger charge is -2.42. The summed E-state index contributed by atoms with van der Waals surface area (Å²) in [6.07, 6.45) is 11.9. The second-order valence-electron chi connectivity index (χ2n) is 11.7. The molecule has 0 radical (unpaired) electrons. The molecule has 238 valence electrons. The number of carbonyl (C=O) groups is 1. The molecule has 2 aromatic carbocycles. The van der Waals surface area contributed by atoms with Gasteiger partial charge in [-0.2, -0.15) is 5.26 Å². The molecule has 0 aliphatic carbocycles. The number of allylic oxidation sites excluding steroid dienone is 3. The van der Waals surface area contributed by atoms with Crippen molar-refractivity contribution in [3.63, 3.8) is 0 Å². The molecule has 0 atom stereocenters. The molecule has 2 aliphatic heterocycles. The maximum absolute atomic E-state index is 13.9. The Hall–Kier alpha value is -4.25. The number of para-hydroxylation sites is 1. The average Bonchev–Trinajstić information content (AvgIpc) is 3.04. The molecule has 0 unspecified atom stereocenters. The summed E-state index contributed by atoms with van der Waals surface area (Å²) in [5.41, 5.74) is 5.80. The minimum absolute atomic E-state index is 0.0150. The summed E-state index contributed by atoms with van der Waals surface area (Å²) in [7, 11) is -3.86. The number of benzene rings is 2. The van der Waals surface area contributed by atoms with E-state index < -0.39 is 10.0 Å². The van der Waals surface area contributed by atoms with Crippen molar-refractivity contribution in [1.29, 1.82) is 5.26 Å². The van der Waals surface area contributed by atoms with Gasteiger partial charge in [0.1, 0.15) is 11.0 Å². The van der Waals surface area contributed by atoms with Crippen LogP contribution in [0.25, 0.3) is 0 Å². The zero-order valence-electron chi connectivity index (χ0n) is 26.8. The number of piperidine rings is 1. The summed E-state index contributed by atoms with van der Waals surface area (Å²) in [4.78, 5) is 22.5. The van der Waals surface area contributed by atoms with Crippen molar-refractivity contribution >= 4 is 27.3 Å². The quantitative estimate of drug-likeness (QED) is 0.246. The van der Waals surface area contributed by atoms with Gasteiger partial charge >= 0.3 is 0 Å². The van der Waals surface area contributed by atoms with Gasteiger partial charge in [-0.1, -0.05) is 37.1 Å². The number of carbonyl (C=O) groups excluding carboxylic acids is 1. The number of aryl methyl sites for hydroxylation is 2. The molecule has 1 amide bonds. The number of anilines is 2. The van der Waals surface area contributed by atoms with Crippen LogP contribution < -0.4 is 14.9 Å². The number of hydrogen-bond acceptors (Lipinski definition) is 7. The molecule has 2 heterocycles. The SMILES string of the molecule is C#C/C=C(\C(C#N)=C/C)N1CCC(N(CCC)c2cc(C(=O)N3CCN(c4ccccc4S(N)(=O)=O)CC3)c(C)cc2C)CC1. The van der Waals surface area contributed by atoms with E-state index in [0.29, 0.717) is 43.0 Å². The van der Waals surface area contributed by atoms with Gasteiger partial charge in [0.15, 0.2) is 0 Å². The molecular weight excluding hydrogens is 584 g/mol. The molecule has 2 N–H and O–H groups in total. The molecule has 0 bridgehead atoms. The van der Waals surface area contributed by atoms with Gasteiger partial charge in [0.25, 0.3) is 5.91 Å². The highest BCUT2D eigenvalue weighted by atomic mass is 32.2. The summed E-state index contributed by atoms with van der Waals surface area (Å²) in [5, 5.41) is 15.1. The van der Waals surface area contributed by atoms with Gasteiger partial charge in [0.2, 0.25) is 10.0 Å². The summed E-state index contributed by atoms with van der Waals surface area (Å²) >= 11 is 0. The molecule has 0 aromatic heterocycles. The van der Waals surface area contributed by atoms with E-state index in [9.17, 15) is 18.5 Å². The molecule has 2 saturated heterocycles. The zero-order valence-corrected chi connectivity index (χ0v) is 27.6. The second-order valence-corrected chi connectivity index (χ2v) is 13.2. The number of rotatable bonds is 9. The molecule has 2 fully saturated rings. The summed E-state index contributed by atoms with van der Waals surface area (Å²) in [5.74, 6) is 2.58. The first-order chi connectivity index (χ1) is 21.5. The fourth-order valence-electron chi connectivity index (χ4n) is 6.51. The van der Waals surface area contributed by atoms with Crippen molar-refractivity contribution in [3.8, 4) is 18.4 Å². The highest BCUT2D eigenvalue weighted by Crippen LogP contribution is 2.32. The molecule has 10 heteroatoms. The molecule has 2 aliphatic rings. The fourth-order valence-corrected chi connectivity index (χ4v) is 7.26. The Morgan fingerprint density at radius 1 is 1.07 bits per heavy atom. The molecular formula is C35H44N6O3S. The molecule has 9 nitrogen and oxygen atoms in total. The van der Waals surface area contributed by atoms with Crippen LogP contribution in [0, 0.1) is 37.5 Å². The highest BCUT2D eigenvalue weighted by Gasteiger charge is 2.30. The lowest BCUT2D eigenvalue weighted by atomic mass is 9.96. The second kappa shape index (κ2) is 14.7. The number of primary sulfonamides is 1. The van der Waals surface area contributed by atoms with Gasteiger partial charge in [-0.15, -0.1) is 6.42 Å². The van der Waals surface area contributed by atoms with Crippen LogP contribution in [0.15, 0.2) is 64.7 Å². The summed E-state index contributed by atoms with van der Waals surface area (Å²) in [6.45, 7) is 12.5. The Bertz CT molecular complexity index is 1650. The van der Waals surface area contributed by atoms with Crippen LogP contribution >= 0.6 is 0 Å². The maximum atomic E-state index is 13.9. The standard InChI is InChI=1S/C35H44N6O3S/c1-6-11-31(28(8-3)25-36)38-17-14-29(15-18-38)41(16-7-2)33-24-30(26(4)23-27(33)5)35(42)40-21-19-39(20-22-40)32-12-9-10-13-34(32)45(37,43)44/h1,8-13,23-24,29H,7,14-22H2,2-5H3,(H2,37,43,44)/b28-8-,31-11+. The van der Waals surface area contributed by atoms with Crippen molar-refractivity contribution in [2.75, 3.05) is 55.6 Å². The molecule has 0 saturated carbocycles. The van der Waals surface area contributed by atoms with Crippen LogP contribution in [0.5, 0.6) is 0 Å². The third-order valence-electron chi connectivity index (χ3n) is 8.78. The van der Waals surface area contributed by atoms with Gasteiger partial charge in [-0.05, 0) is 69.4 Å². The highest BCUT2D eigenvalue weighted by molar-refractivity contribution is 7.89. The van der Waals surface area contributed by atoms with E-state index in [-0.39, 0.29) is 16.8 Å². The Balaban J connectivity index is 1.52. The molecule has 45 heavy (non-hydrogen) atoms. The third-order valence-corrected chi connectivity index (χ3v) is 9.74. The van der Waals surface area contributed by atoms with Crippen LogP contribution in [0.2, 0.25) is 0 Å². The van der Waals surface area contributed by atoms with Gasteiger partial charge in [0.05, 0.1) is 17.0 Å². The number of hydrogen-bond donors (Lipinski definition) is 1. The summed E-state index contributed by atoms with van der Waals surface area (Å²) in [6, 6.07) is 13.5. The van der Waals surface area contributed by atoms with E-state index in [4.69, 9.17) is 11.6 Å². The minimum atomic E-state index is -3.86. The van der Waals surface area contributed by atoms with E-state index in [2.05, 4.69) is 47.8 Å². The number of piperazine rings is 1. The fraction of sp³-hybridized carbons (Fsp3) is 0.429. The van der Waals surface area contributed by atoms with Gasteiger partial charge in [0, 0.05) is 69.2 Å². The van der Waals surface area contributed by atoms with Crippen molar-refractivity contribution in [1.82, 2.24) is 9.80 Å². The normalized spacial score (nSPS) is 16.7. The topological polar surface area (TPSA) is 114 Å². The van der Waals surface area contributed by atoms with Crippen LogP contribution in [0.4, 0.5) is 11.4 Å².